The Hall–Kier alpha value is -3.67. The lowest BCUT2D eigenvalue weighted by Crippen LogP contribution is -2.66. The van der Waals surface area contributed by atoms with Gasteiger partial charge in [0.15, 0.2) is 0 Å². The average Bonchev–Trinajstić information content (AvgIpc) is 2.97. The van der Waals surface area contributed by atoms with Gasteiger partial charge in [-0.1, -0.05) is 48.5 Å². The van der Waals surface area contributed by atoms with Crippen LogP contribution >= 0.6 is 0 Å². The minimum Gasteiger partial charge on any atom is -0.460 e. The largest absolute Gasteiger partial charge is 0.460 e. The van der Waals surface area contributed by atoms with Gasteiger partial charge in [-0.3, -0.25) is 14.9 Å². The predicted octanol–water partition coefficient (Wildman–Crippen LogP) is 3.09. The van der Waals surface area contributed by atoms with E-state index in [0.717, 1.165) is 21.5 Å². The monoisotopic (exact) mass is 399 g/mol. The van der Waals surface area contributed by atoms with E-state index in [2.05, 4.69) is 11.4 Å². The third-order valence-corrected chi connectivity index (χ3v) is 6.61. The quantitative estimate of drug-likeness (QED) is 0.407. The van der Waals surface area contributed by atoms with E-state index in [-0.39, 0.29) is 5.91 Å². The zero-order chi connectivity index (χ0) is 20.6. The van der Waals surface area contributed by atoms with Crippen LogP contribution in [0, 0.1) is 17.8 Å². The molecule has 1 saturated carbocycles. The van der Waals surface area contributed by atoms with Crippen molar-refractivity contribution < 1.29 is 23.9 Å². The number of imide groups is 1. The summed E-state index contributed by atoms with van der Waals surface area (Å²) in [7, 11) is 0. The molecule has 1 N–H and O–H groups in total. The van der Waals surface area contributed by atoms with Crippen LogP contribution in [0.15, 0.2) is 66.4 Å². The van der Waals surface area contributed by atoms with Crippen LogP contribution < -0.4 is 10.1 Å². The minimum atomic E-state index is -1.09. The molecule has 0 spiro atoms. The smallest absolute Gasteiger partial charge is 0.334 e. The van der Waals surface area contributed by atoms with E-state index < -0.39 is 35.2 Å². The van der Waals surface area contributed by atoms with Crippen molar-refractivity contribution in [3.8, 4) is 5.75 Å². The first-order chi connectivity index (χ1) is 14.5. The first kappa shape index (κ1) is 17.2. The number of esters is 1. The zero-order valence-electron chi connectivity index (χ0n) is 16.0. The van der Waals surface area contributed by atoms with Gasteiger partial charge in [0.1, 0.15) is 17.1 Å². The molecule has 1 aliphatic carbocycles. The van der Waals surface area contributed by atoms with Crippen molar-refractivity contribution in [1.82, 2.24) is 5.32 Å². The van der Waals surface area contributed by atoms with Gasteiger partial charge in [0.25, 0.3) is 0 Å². The van der Waals surface area contributed by atoms with Crippen molar-refractivity contribution in [3.63, 3.8) is 0 Å². The summed E-state index contributed by atoms with van der Waals surface area (Å²) in [4.78, 5) is 37.0. The number of carbonyl (C=O) groups is 3. The molecule has 30 heavy (non-hydrogen) atoms. The van der Waals surface area contributed by atoms with Gasteiger partial charge in [-0.15, -0.1) is 0 Å². The van der Waals surface area contributed by atoms with Crippen LogP contribution in [-0.4, -0.2) is 23.4 Å². The van der Waals surface area contributed by atoms with Crippen molar-refractivity contribution >= 4 is 39.3 Å². The van der Waals surface area contributed by atoms with E-state index in [1.54, 1.807) is 6.92 Å². The summed E-state index contributed by atoms with van der Waals surface area (Å²) in [6.07, 6.45) is 1.30. The summed E-state index contributed by atoms with van der Waals surface area (Å²) in [5, 5.41) is 6.19. The Kier molecular flexibility index (Phi) is 3.26. The van der Waals surface area contributed by atoms with E-state index in [4.69, 9.17) is 9.47 Å². The molecule has 0 aromatic heterocycles. The summed E-state index contributed by atoms with van der Waals surface area (Å²) in [6, 6.07) is 17.8. The van der Waals surface area contributed by atoms with Gasteiger partial charge in [-0.05, 0) is 23.8 Å². The molecule has 6 heteroatoms. The number of carbonyl (C=O) groups excluding carboxylic acids is 3. The summed E-state index contributed by atoms with van der Waals surface area (Å²) < 4.78 is 12.0. The molecule has 2 amide bonds. The molecule has 0 bridgehead atoms. The van der Waals surface area contributed by atoms with Crippen molar-refractivity contribution in [1.29, 1.82) is 0 Å². The molecule has 148 valence electrons. The van der Waals surface area contributed by atoms with Crippen LogP contribution in [0.1, 0.15) is 6.92 Å². The van der Waals surface area contributed by atoms with E-state index in [9.17, 15) is 14.4 Å². The third kappa shape index (κ3) is 2.10. The van der Waals surface area contributed by atoms with E-state index >= 15 is 0 Å². The number of rotatable bonds is 2. The average molecular weight is 399 g/mol. The van der Waals surface area contributed by atoms with Crippen LogP contribution in [-0.2, 0) is 19.1 Å². The Morgan fingerprint density at radius 3 is 2.20 bits per heavy atom. The molecule has 2 heterocycles. The lowest BCUT2D eigenvalue weighted by Gasteiger charge is -2.54. The fourth-order valence-electron chi connectivity index (χ4n) is 5.32. The Morgan fingerprint density at radius 2 is 1.53 bits per heavy atom. The predicted molar refractivity (Wildman–Crippen MR) is 108 cm³/mol. The van der Waals surface area contributed by atoms with Gasteiger partial charge >= 0.3 is 5.97 Å². The Morgan fingerprint density at radius 1 is 0.900 bits per heavy atom. The number of benzene rings is 3. The summed E-state index contributed by atoms with van der Waals surface area (Å²) in [5.74, 6) is -2.11. The highest BCUT2D eigenvalue weighted by Crippen LogP contribution is 2.59. The lowest BCUT2D eigenvalue weighted by atomic mass is 9.53. The molecule has 6 nitrogen and oxygen atoms in total. The molecule has 0 radical (unpaired) electrons. The molecule has 3 aromatic carbocycles. The fraction of sp³-hybridized carbons (Fsp3) is 0.208. The Balaban J connectivity index is 1.52. The highest BCUT2D eigenvalue weighted by Gasteiger charge is 2.73. The first-order valence-corrected chi connectivity index (χ1v) is 9.85. The molecule has 1 saturated heterocycles. The summed E-state index contributed by atoms with van der Waals surface area (Å²) >= 11 is 0. The molecule has 2 fully saturated rings. The van der Waals surface area contributed by atoms with Crippen LogP contribution in [0.4, 0.5) is 0 Å². The number of hydrogen-bond donors (Lipinski definition) is 1. The Bertz CT molecular complexity index is 1270. The number of amides is 2. The van der Waals surface area contributed by atoms with Gasteiger partial charge in [0.2, 0.25) is 11.8 Å². The Labute approximate surface area is 171 Å². The second-order valence-electron chi connectivity index (χ2n) is 8.24. The minimum absolute atomic E-state index is 0.345. The van der Waals surface area contributed by atoms with Gasteiger partial charge in [-0.25, -0.2) is 4.79 Å². The molecular formula is C24H17NO5. The van der Waals surface area contributed by atoms with E-state index in [1.807, 2.05) is 48.5 Å². The maximum Gasteiger partial charge on any atom is 0.334 e. The molecule has 4 atom stereocenters. The highest BCUT2D eigenvalue weighted by molar-refractivity contribution is 6.09. The summed E-state index contributed by atoms with van der Waals surface area (Å²) in [5.41, 5.74) is -1.09. The summed E-state index contributed by atoms with van der Waals surface area (Å²) in [6.45, 7) is 1.70. The fourth-order valence-corrected chi connectivity index (χ4v) is 5.32. The highest BCUT2D eigenvalue weighted by atomic mass is 16.6. The molecule has 0 unspecified atom stereocenters. The van der Waals surface area contributed by atoms with E-state index in [1.165, 1.54) is 6.08 Å². The molecule has 6 rings (SSSR count). The van der Waals surface area contributed by atoms with Crippen LogP contribution in [0.25, 0.3) is 21.5 Å². The van der Waals surface area contributed by atoms with Gasteiger partial charge < -0.3 is 9.47 Å². The topological polar surface area (TPSA) is 81.7 Å². The molecule has 2 aliphatic heterocycles. The maximum absolute atomic E-state index is 12.4. The second kappa shape index (κ2) is 5.69. The van der Waals surface area contributed by atoms with Crippen molar-refractivity contribution in [2.24, 2.45) is 17.8 Å². The van der Waals surface area contributed by atoms with Crippen LogP contribution in [0.2, 0.25) is 0 Å². The first-order valence-electron chi connectivity index (χ1n) is 9.85. The van der Waals surface area contributed by atoms with Gasteiger partial charge in [0, 0.05) is 10.8 Å². The second-order valence-corrected chi connectivity index (χ2v) is 8.24. The van der Waals surface area contributed by atoms with E-state index in [0.29, 0.717) is 11.5 Å². The molecule has 3 aliphatic rings. The molecular weight excluding hydrogens is 382 g/mol. The molecule has 3 aromatic rings. The third-order valence-electron chi connectivity index (χ3n) is 6.61. The van der Waals surface area contributed by atoms with Crippen LogP contribution in [0.5, 0.6) is 5.75 Å². The van der Waals surface area contributed by atoms with Gasteiger partial charge in [0.05, 0.1) is 23.8 Å². The number of fused-ring (bicyclic) bond motifs is 6. The number of ether oxygens (including phenoxy) is 2. The number of nitrogens with one attached hydrogen (secondary N) is 1. The normalized spacial score (nSPS) is 29.6. The standard InChI is InChI=1S/C24H17NO5/c1-24-19(18-20(24)23(28)25-22(18)27)16(11-17(26)30-24)29-21-14-8-4-2-6-12(14)10-13-7-3-5-9-15(13)21/h2-11,18-20H,1H3,(H,25,27,28)/t18-,19+,20+,24+/m1/s1. The zero-order valence-corrected chi connectivity index (χ0v) is 16.0. The van der Waals surface area contributed by atoms with Crippen molar-refractivity contribution in [2.45, 2.75) is 12.5 Å². The van der Waals surface area contributed by atoms with Crippen LogP contribution in [0.3, 0.4) is 0 Å². The lowest BCUT2D eigenvalue weighted by molar-refractivity contribution is -0.209. The van der Waals surface area contributed by atoms with Crippen molar-refractivity contribution in [3.05, 3.63) is 66.4 Å². The SMILES string of the molecule is C[C@]12OC(=O)C=C(Oc3c4ccccc4cc4ccccc34)[C@H]1[C@H]1C(=O)NC(=O)[C@H]12. The maximum atomic E-state index is 12.4. The van der Waals surface area contributed by atoms with Gasteiger partial charge in [-0.2, -0.15) is 0 Å². The number of hydrogen-bond acceptors (Lipinski definition) is 5. The van der Waals surface area contributed by atoms with Crippen molar-refractivity contribution in [2.75, 3.05) is 0 Å².